The molecule has 1 aliphatic rings. The molecule has 0 unspecified atom stereocenters. The molecule has 1 heterocycles. The van der Waals surface area contributed by atoms with E-state index in [1.165, 1.54) is 5.56 Å². The van der Waals surface area contributed by atoms with Crippen molar-refractivity contribution >= 4 is 11.7 Å². The lowest BCUT2D eigenvalue weighted by Crippen LogP contribution is -2.39. The Hall–Kier alpha value is -1.51. The Bertz CT molecular complexity index is 335. The van der Waals surface area contributed by atoms with Gasteiger partial charge in [-0.1, -0.05) is 12.1 Å². The lowest BCUT2D eigenvalue weighted by atomic mass is 10.0. The summed E-state index contributed by atoms with van der Waals surface area (Å²) < 4.78 is 0. The first-order valence-corrected chi connectivity index (χ1v) is 4.35. The van der Waals surface area contributed by atoms with Crippen LogP contribution in [0.3, 0.4) is 0 Å². The molecule has 0 saturated heterocycles. The summed E-state index contributed by atoms with van der Waals surface area (Å²) in [4.78, 5) is 12.7. The maximum Gasteiger partial charge on any atom is 0.319 e. The number of carbonyl (C=O) groups excluding carboxylic acids is 1. The molecule has 0 aromatic heterocycles. The van der Waals surface area contributed by atoms with E-state index in [-0.39, 0.29) is 6.03 Å². The van der Waals surface area contributed by atoms with E-state index in [9.17, 15) is 4.79 Å². The van der Waals surface area contributed by atoms with Crippen LogP contribution in [0.5, 0.6) is 0 Å². The third-order valence-electron chi connectivity index (χ3n) is 2.31. The first-order chi connectivity index (χ1) is 6.29. The van der Waals surface area contributed by atoms with E-state index in [4.69, 9.17) is 5.73 Å². The number of fused-ring (bicyclic) bond motifs is 1. The van der Waals surface area contributed by atoms with E-state index in [2.05, 4.69) is 6.07 Å². The minimum absolute atomic E-state index is 0.374. The van der Waals surface area contributed by atoms with Crippen LogP contribution in [0.15, 0.2) is 18.2 Å². The van der Waals surface area contributed by atoms with Gasteiger partial charge in [0.1, 0.15) is 0 Å². The Labute approximate surface area is 77.1 Å². The number of carbonyl (C=O) groups is 1. The predicted molar refractivity (Wildman–Crippen MR) is 50.5 cm³/mol. The highest BCUT2D eigenvalue weighted by Crippen LogP contribution is 2.25. The van der Waals surface area contributed by atoms with E-state index < -0.39 is 0 Å². The number of rotatable bonds is 0. The zero-order valence-electron chi connectivity index (χ0n) is 7.29. The molecule has 1 aromatic carbocycles. The number of benzene rings is 1. The van der Waals surface area contributed by atoms with Crippen LogP contribution in [0.1, 0.15) is 12.0 Å². The van der Waals surface area contributed by atoms with E-state index >= 15 is 0 Å². The smallest absolute Gasteiger partial charge is 0.319 e. The molecular weight excluding hydrogens is 164 g/mol. The molecule has 0 atom stereocenters. The van der Waals surface area contributed by atoms with Gasteiger partial charge in [-0.2, -0.15) is 0 Å². The third kappa shape index (κ3) is 1.37. The zero-order chi connectivity index (χ0) is 9.26. The van der Waals surface area contributed by atoms with Gasteiger partial charge in [0.2, 0.25) is 0 Å². The molecule has 1 radical (unpaired) electrons. The fraction of sp³-hybridized carbons (Fsp3) is 0.300. The Morgan fingerprint density at radius 2 is 2.46 bits per heavy atom. The van der Waals surface area contributed by atoms with Gasteiger partial charge in [-0.05, 0) is 30.5 Å². The minimum Gasteiger partial charge on any atom is -0.351 e. The first-order valence-electron chi connectivity index (χ1n) is 4.35. The van der Waals surface area contributed by atoms with Gasteiger partial charge in [-0.3, -0.25) is 4.90 Å². The topological polar surface area (TPSA) is 46.3 Å². The third-order valence-corrected chi connectivity index (χ3v) is 2.31. The highest BCUT2D eigenvalue weighted by atomic mass is 16.2. The summed E-state index contributed by atoms with van der Waals surface area (Å²) >= 11 is 0. The molecule has 3 heteroatoms. The van der Waals surface area contributed by atoms with Gasteiger partial charge >= 0.3 is 6.03 Å². The molecule has 0 aliphatic carbocycles. The number of primary amides is 1. The van der Waals surface area contributed by atoms with Gasteiger partial charge in [0.05, 0.1) is 0 Å². The molecule has 2 rings (SSSR count). The molecular formula is C10H11N2O. The fourth-order valence-corrected chi connectivity index (χ4v) is 1.69. The Balaban J connectivity index is 2.42. The van der Waals surface area contributed by atoms with Crippen molar-refractivity contribution in [3.8, 4) is 0 Å². The Morgan fingerprint density at radius 1 is 1.62 bits per heavy atom. The molecule has 0 fully saturated rings. The van der Waals surface area contributed by atoms with Crippen LogP contribution < -0.4 is 10.6 Å². The van der Waals surface area contributed by atoms with Crippen LogP contribution in [0.2, 0.25) is 0 Å². The number of nitrogens with zero attached hydrogens (tertiary/aromatic N) is 1. The van der Waals surface area contributed by atoms with Crippen LogP contribution >= 0.6 is 0 Å². The van der Waals surface area contributed by atoms with Crippen LogP contribution in [0, 0.1) is 6.07 Å². The molecule has 2 N–H and O–H groups in total. The normalized spacial score (nSPS) is 15.2. The summed E-state index contributed by atoms with van der Waals surface area (Å²) in [5.41, 5.74) is 7.36. The van der Waals surface area contributed by atoms with Gasteiger partial charge in [-0.25, -0.2) is 4.79 Å². The van der Waals surface area contributed by atoms with Crippen molar-refractivity contribution in [2.75, 3.05) is 11.4 Å². The molecule has 0 saturated carbocycles. The van der Waals surface area contributed by atoms with E-state index in [0.29, 0.717) is 0 Å². The molecule has 67 valence electrons. The number of aryl methyl sites for hydroxylation is 1. The van der Waals surface area contributed by atoms with Gasteiger partial charge in [0.15, 0.2) is 0 Å². The molecule has 1 aliphatic heterocycles. The lowest BCUT2D eigenvalue weighted by Gasteiger charge is -2.27. The largest absolute Gasteiger partial charge is 0.351 e. The Kier molecular flexibility index (Phi) is 1.93. The van der Waals surface area contributed by atoms with Crippen molar-refractivity contribution in [1.29, 1.82) is 0 Å². The van der Waals surface area contributed by atoms with Crippen molar-refractivity contribution in [3.05, 3.63) is 29.8 Å². The quantitative estimate of drug-likeness (QED) is 0.635. The number of hydrogen-bond acceptors (Lipinski definition) is 1. The van der Waals surface area contributed by atoms with Crippen molar-refractivity contribution in [2.45, 2.75) is 12.8 Å². The van der Waals surface area contributed by atoms with Crippen LogP contribution in [-0.4, -0.2) is 12.6 Å². The van der Waals surface area contributed by atoms with Crippen LogP contribution in [0.25, 0.3) is 0 Å². The number of urea groups is 1. The maximum atomic E-state index is 11.1. The Morgan fingerprint density at radius 3 is 3.23 bits per heavy atom. The second-order valence-electron chi connectivity index (χ2n) is 3.15. The highest BCUT2D eigenvalue weighted by molar-refractivity contribution is 5.91. The average Bonchev–Trinajstić information content (AvgIpc) is 2.17. The molecule has 2 amide bonds. The van der Waals surface area contributed by atoms with Gasteiger partial charge in [0, 0.05) is 12.2 Å². The van der Waals surface area contributed by atoms with Gasteiger partial charge in [-0.15, -0.1) is 0 Å². The monoisotopic (exact) mass is 175 g/mol. The number of anilines is 1. The summed E-state index contributed by atoms with van der Waals surface area (Å²) in [6, 6.07) is 8.26. The SMILES string of the molecule is NC(=O)N1CCCc2cc[c]cc21. The molecule has 0 spiro atoms. The molecule has 3 nitrogen and oxygen atoms in total. The lowest BCUT2D eigenvalue weighted by molar-refractivity contribution is 0.253. The number of hydrogen-bond donors (Lipinski definition) is 1. The predicted octanol–water partition coefficient (Wildman–Crippen LogP) is 1.32. The van der Waals surface area contributed by atoms with Crippen LogP contribution in [0.4, 0.5) is 10.5 Å². The maximum absolute atomic E-state index is 11.1. The van der Waals surface area contributed by atoms with E-state index in [0.717, 1.165) is 25.1 Å². The zero-order valence-corrected chi connectivity index (χ0v) is 7.29. The van der Waals surface area contributed by atoms with Crippen molar-refractivity contribution in [3.63, 3.8) is 0 Å². The summed E-state index contributed by atoms with van der Waals surface area (Å²) in [7, 11) is 0. The number of nitrogens with two attached hydrogens (primary N) is 1. The highest BCUT2D eigenvalue weighted by Gasteiger charge is 2.19. The number of amides is 2. The second-order valence-corrected chi connectivity index (χ2v) is 3.15. The summed E-state index contributed by atoms with van der Waals surface area (Å²) in [5, 5.41) is 0. The van der Waals surface area contributed by atoms with Crippen LogP contribution in [-0.2, 0) is 6.42 Å². The van der Waals surface area contributed by atoms with Crippen molar-refractivity contribution in [1.82, 2.24) is 0 Å². The molecule has 13 heavy (non-hydrogen) atoms. The van der Waals surface area contributed by atoms with Gasteiger partial charge in [0.25, 0.3) is 0 Å². The van der Waals surface area contributed by atoms with Gasteiger partial charge < -0.3 is 5.73 Å². The van der Waals surface area contributed by atoms with Crippen molar-refractivity contribution in [2.24, 2.45) is 5.73 Å². The summed E-state index contributed by atoms with van der Waals surface area (Å²) in [6.07, 6.45) is 2.01. The first kappa shape index (κ1) is 8.10. The average molecular weight is 175 g/mol. The fourth-order valence-electron chi connectivity index (χ4n) is 1.69. The van der Waals surface area contributed by atoms with Crippen molar-refractivity contribution < 1.29 is 4.79 Å². The van der Waals surface area contributed by atoms with E-state index in [1.54, 1.807) is 4.90 Å². The molecule has 0 bridgehead atoms. The summed E-state index contributed by atoms with van der Waals surface area (Å²) in [6.45, 7) is 0.722. The van der Waals surface area contributed by atoms with E-state index in [1.807, 2.05) is 18.2 Å². The summed E-state index contributed by atoms with van der Waals surface area (Å²) in [5.74, 6) is 0. The molecule has 1 aromatic rings. The standard InChI is InChI=1S/C10H11N2O/c11-10(13)12-7-3-5-8-4-1-2-6-9(8)12/h1,4,6H,3,5,7H2,(H2,11,13). The second kappa shape index (κ2) is 3.09. The minimum atomic E-state index is -0.374.